The van der Waals surface area contributed by atoms with Crippen molar-refractivity contribution < 1.29 is 9.53 Å². The van der Waals surface area contributed by atoms with Crippen LogP contribution in [0.4, 0.5) is 0 Å². The molecule has 0 fully saturated rings. The number of ether oxygens (including phenoxy) is 1. The molecule has 1 N–H and O–H groups in total. The zero-order valence-electron chi connectivity index (χ0n) is 11.1. The molecule has 0 spiro atoms. The zero-order chi connectivity index (χ0) is 13.6. The number of hydrogen-bond acceptors (Lipinski definition) is 4. The van der Waals surface area contributed by atoms with Crippen LogP contribution in [-0.4, -0.2) is 23.3 Å². The lowest BCUT2D eigenvalue weighted by Crippen LogP contribution is -2.49. The summed E-state index contributed by atoms with van der Waals surface area (Å²) in [6.45, 7) is 6.32. The van der Waals surface area contributed by atoms with Gasteiger partial charge in [0.25, 0.3) is 0 Å². The Kier molecular flexibility index (Phi) is 5.69. The predicted octanol–water partition coefficient (Wildman–Crippen LogP) is 2.42. The van der Waals surface area contributed by atoms with Gasteiger partial charge in [0, 0.05) is 11.3 Å². The Morgan fingerprint density at radius 1 is 1.33 bits per heavy atom. The fraction of sp³-hybridized carbons (Fsp3) is 0.500. The number of esters is 1. The quantitative estimate of drug-likeness (QED) is 0.635. The van der Waals surface area contributed by atoms with Crippen LogP contribution in [0.2, 0.25) is 0 Å². The van der Waals surface area contributed by atoms with Gasteiger partial charge >= 0.3 is 5.97 Å². The minimum absolute atomic E-state index is 0.140. The Morgan fingerprint density at radius 3 is 2.44 bits per heavy atom. The molecule has 0 amide bonds. The smallest absolute Gasteiger partial charge is 0.324 e. The zero-order valence-corrected chi connectivity index (χ0v) is 12.0. The first-order chi connectivity index (χ1) is 8.42. The van der Waals surface area contributed by atoms with Gasteiger partial charge in [0.15, 0.2) is 0 Å². The van der Waals surface area contributed by atoms with E-state index in [1.807, 2.05) is 51.1 Å². The van der Waals surface area contributed by atoms with Gasteiger partial charge in [0.05, 0.1) is 0 Å². The lowest BCUT2D eigenvalue weighted by atomic mass is 10.1. The van der Waals surface area contributed by atoms with Crippen molar-refractivity contribution in [1.29, 1.82) is 0 Å². The van der Waals surface area contributed by atoms with Gasteiger partial charge in [0.2, 0.25) is 0 Å². The van der Waals surface area contributed by atoms with Crippen LogP contribution in [0, 0.1) is 0 Å². The Bertz CT molecular complexity index is 373. The maximum absolute atomic E-state index is 11.9. The van der Waals surface area contributed by atoms with Crippen LogP contribution in [0.25, 0.3) is 0 Å². The van der Waals surface area contributed by atoms with Gasteiger partial charge < -0.3 is 4.74 Å². The third-order valence-corrected chi connectivity index (χ3v) is 2.66. The van der Waals surface area contributed by atoms with Crippen LogP contribution in [0.5, 0.6) is 0 Å². The Balaban J connectivity index is 2.48. The highest BCUT2D eigenvalue weighted by Crippen LogP contribution is 2.06. The first-order valence-electron chi connectivity index (χ1n) is 6.01. The normalized spacial score (nSPS) is 13.1. The molecule has 0 aromatic heterocycles. The maximum Gasteiger partial charge on any atom is 0.324 e. The monoisotopic (exact) mass is 267 g/mol. The van der Waals surface area contributed by atoms with E-state index in [0.717, 1.165) is 5.56 Å². The Morgan fingerprint density at radius 2 is 1.94 bits per heavy atom. The van der Waals surface area contributed by atoms with Crippen LogP contribution in [-0.2, 0) is 16.1 Å². The van der Waals surface area contributed by atoms with Gasteiger partial charge in [-0.05, 0) is 26.3 Å². The summed E-state index contributed by atoms with van der Waals surface area (Å²) in [5, 5.41) is 3.19. The predicted molar refractivity (Wildman–Crippen MR) is 76.8 cm³/mol. The highest BCUT2D eigenvalue weighted by atomic mass is 32.1. The maximum atomic E-state index is 11.9. The third-order valence-electron chi connectivity index (χ3n) is 2.30. The van der Waals surface area contributed by atoms with Gasteiger partial charge in [-0.3, -0.25) is 10.1 Å². The van der Waals surface area contributed by atoms with E-state index in [2.05, 4.69) is 17.9 Å². The molecule has 0 saturated carbocycles. The molecular weight excluding hydrogens is 246 g/mol. The molecule has 100 valence electrons. The summed E-state index contributed by atoms with van der Waals surface area (Å²) >= 11 is 4.18. The van der Waals surface area contributed by atoms with Gasteiger partial charge in [-0.15, -0.1) is 0 Å². The molecule has 0 aliphatic heterocycles. The Labute approximate surface area is 114 Å². The average Bonchev–Trinajstić information content (AvgIpc) is 2.33. The summed E-state index contributed by atoms with van der Waals surface area (Å²) in [4.78, 5) is 11.9. The standard InChI is InChI=1S/C14H21NO2S/c1-14(2,3)15-12(10-18)13(16)17-9-11-7-5-4-6-8-11/h4-8,12,15,18H,9-10H2,1-3H3/t12-/m0/s1. The highest BCUT2D eigenvalue weighted by Gasteiger charge is 2.23. The number of thiol groups is 1. The molecule has 0 radical (unpaired) electrons. The van der Waals surface area contributed by atoms with Crippen molar-refractivity contribution in [2.24, 2.45) is 0 Å². The minimum Gasteiger partial charge on any atom is -0.460 e. The lowest BCUT2D eigenvalue weighted by Gasteiger charge is -2.26. The molecule has 1 aromatic rings. The molecular formula is C14H21NO2S. The molecule has 4 heteroatoms. The third kappa shape index (κ3) is 5.56. The lowest BCUT2D eigenvalue weighted by molar-refractivity contribution is -0.147. The van der Waals surface area contributed by atoms with Gasteiger partial charge in [0.1, 0.15) is 12.6 Å². The molecule has 1 atom stereocenters. The second kappa shape index (κ2) is 6.81. The van der Waals surface area contributed by atoms with E-state index < -0.39 is 0 Å². The summed E-state index contributed by atoms with van der Waals surface area (Å²) in [6, 6.07) is 9.26. The van der Waals surface area contributed by atoms with Gasteiger partial charge in [-0.1, -0.05) is 30.3 Å². The Hall–Kier alpha value is -1.00. The molecule has 0 heterocycles. The molecule has 18 heavy (non-hydrogen) atoms. The van der Waals surface area contributed by atoms with Crippen molar-refractivity contribution in [1.82, 2.24) is 5.32 Å². The molecule has 0 unspecified atom stereocenters. The first kappa shape index (κ1) is 15.1. The number of nitrogens with one attached hydrogen (secondary N) is 1. The van der Waals surface area contributed by atoms with E-state index in [0.29, 0.717) is 12.4 Å². The fourth-order valence-electron chi connectivity index (χ4n) is 1.53. The number of benzene rings is 1. The number of carbonyl (C=O) groups excluding carboxylic acids is 1. The second-order valence-corrected chi connectivity index (χ2v) is 5.59. The fourth-order valence-corrected chi connectivity index (χ4v) is 1.77. The van der Waals surface area contributed by atoms with Crippen molar-refractivity contribution in [3.63, 3.8) is 0 Å². The van der Waals surface area contributed by atoms with Crippen molar-refractivity contribution in [3.8, 4) is 0 Å². The van der Waals surface area contributed by atoms with Crippen molar-refractivity contribution in [2.45, 2.75) is 39.0 Å². The van der Waals surface area contributed by atoms with Crippen LogP contribution >= 0.6 is 12.6 Å². The molecule has 1 aromatic carbocycles. The number of rotatable bonds is 5. The summed E-state index contributed by atoms with van der Waals surface area (Å²) in [5.74, 6) is 0.161. The van der Waals surface area contributed by atoms with E-state index in [4.69, 9.17) is 4.74 Å². The summed E-state index contributed by atoms with van der Waals surface area (Å²) in [7, 11) is 0. The van der Waals surface area contributed by atoms with Crippen molar-refractivity contribution in [2.75, 3.05) is 5.75 Å². The van der Waals surface area contributed by atoms with E-state index in [9.17, 15) is 4.79 Å². The molecule has 3 nitrogen and oxygen atoms in total. The van der Waals surface area contributed by atoms with Crippen molar-refractivity contribution in [3.05, 3.63) is 35.9 Å². The van der Waals surface area contributed by atoms with E-state index in [-0.39, 0.29) is 17.6 Å². The average molecular weight is 267 g/mol. The van der Waals surface area contributed by atoms with Crippen LogP contribution in [0.3, 0.4) is 0 Å². The molecule has 0 aliphatic carbocycles. The molecule has 0 aliphatic rings. The van der Waals surface area contributed by atoms with Crippen LogP contribution in [0.15, 0.2) is 30.3 Å². The van der Waals surface area contributed by atoms with Crippen molar-refractivity contribution >= 4 is 18.6 Å². The van der Waals surface area contributed by atoms with Gasteiger partial charge in [-0.2, -0.15) is 12.6 Å². The second-order valence-electron chi connectivity index (χ2n) is 5.22. The molecule has 0 saturated heterocycles. The van der Waals surface area contributed by atoms with E-state index in [1.54, 1.807) is 0 Å². The van der Waals surface area contributed by atoms with Gasteiger partial charge in [-0.25, -0.2) is 0 Å². The summed E-state index contributed by atoms with van der Waals surface area (Å²) in [6.07, 6.45) is 0. The number of hydrogen-bond donors (Lipinski definition) is 2. The topological polar surface area (TPSA) is 38.3 Å². The SMILES string of the molecule is CC(C)(C)N[C@@H](CS)C(=O)OCc1ccccc1. The minimum atomic E-state index is -0.378. The largest absolute Gasteiger partial charge is 0.460 e. The van der Waals surface area contributed by atoms with E-state index in [1.165, 1.54) is 0 Å². The van der Waals surface area contributed by atoms with Crippen LogP contribution in [0.1, 0.15) is 26.3 Å². The molecule has 1 rings (SSSR count). The summed E-state index contributed by atoms with van der Waals surface area (Å²) < 4.78 is 5.28. The first-order valence-corrected chi connectivity index (χ1v) is 6.65. The number of carbonyl (C=O) groups is 1. The summed E-state index contributed by atoms with van der Waals surface area (Å²) in [5.41, 5.74) is 0.846. The molecule has 0 bridgehead atoms. The van der Waals surface area contributed by atoms with Crippen LogP contribution < -0.4 is 5.32 Å². The van der Waals surface area contributed by atoms with E-state index >= 15 is 0 Å². The highest BCUT2D eigenvalue weighted by molar-refractivity contribution is 7.80.